The molecule has 14 heavy (non-hydrogen) atoms. The molecule has 6 heteroatoms. The average molecular weight is 200 g/mol. The van der Waals surface area contributed by atoms with E-state index in [-0.39, 0.29) is 18.4 Å². The van der Waals surface area contributed by atoms with Crippen LogP contribution >= 0.6 is 0 Å². The second-order valence-electron chi connectivity index (χ2n) is 3.87. The summed E-state index contributed by atoms with van der Waals surface area (Å²) in [4.78, 5) is 2.78. The van der Waals surface area contributed by atoms with Crippen LogP contribution in [-0.4, -0.2) is 31.1 Å². The van der Waals surface area contributed by atoms with Gasteiger partial charge in [0.1, 0.15) is 0 Å². The largest absolute Gasteiger partial charge is 0.356 e. The number of azide groups is 1. The quantitative estimate of drug-likeness (QED) is 0.411. The normalized spacial score (nSPS) is 43.0. The van der Waals surface area contributed by atoms with E-state index < -0.39 is 5.54 Å². The number of nitrogens with two attached hydrogens (primary N) is 1. The third-order valence-corrected chi connectivity index (χ3v) is 2.53. The lowest BCUT2D eigenvalue weighted by Crippen LogP contribution is -2.59. The highest BCUT2D eigenvalue weighted by Gasteiger charge is 2.42. The van der Waals surface area contributed by atoms with Crippen molar-refractivity contribution in [3.8, 4) is 0 Å². The van der Waals surface area contributed by atoms with Gasteiger partial charge in [0, 0.05) is 24.0 Å². The molecule has 0 radical (unpaired) electrons. The first kappa shape index (κ1) is 11.3. The summed E-state index contributed by atoms with van der Waals surface area (Å²) in [6.45, 7) is 3.67. The van der Waals surface area contributed by atoms with Gasteiger partial charge in [-0.3, -0.25) is 0 Å². The van der Waals surface area contributed by atoms with E-state index in [1.807, 2.05) is 13.8 Å². The molecule has 0 unspecified atom stereocenters. The second kappa shape index (κ2) is 4.14. The Balaban J connectivity index is 2.82. The molecule has 1 heterocycles. The smallest absolute Gasteiger partial charge is 0.159 e. The highest BCUT2D eigenvalue weighted by atomic mass is 16.7. The summed E-state index contributed by atoms with van der Waals surface area (Å²) < 4.78 is 10.6. The number of nitrogens with zero attached hydrogens (tertiary/aromatic N) is 3. The minimum atomic E-state index is -0.579. The molecule has 1 rings (SSSR count). The zero-order chi connectivity index (χ0) is 10.8. The molecule has 0 spiro atoms. The van der Waals surface area contributed by atoms with Crippen LogP contribution in [-0.2, 0) is 9.47 Å². The molecule has 0 saturated carbocycles. The number of methoxy groups -OCH3 is 1. The van der Waals surface area contributed by atoms with Crippen LogP contribution in [0.3, 0.4) is 0 Å². The van der Waals surface area contributed by atoms with Crippen molar-refractivity contribution < 1.29 is 9.47 Å². The summed E-state index contributed by atoms with van der Waals surface area (Å²) in [6.07, 6.45) is -0.0120. The van der Waals surface area contributed by atoms with Gasteiger partial charge in [0.25, 0.3) is 0 Å². The van der Waals surface area contributed by atoms with Crippen LogP contribution < -0.4 is 5.73 Å². The average Bonchev–Trinajstić information content (AvgIpc) is 2.10. The molecule has 0 aromatic rings. The lowest BCUT2D eigenvalue weighted by Gasteiger charge is -2.43. The van der Waals surface area contributed by atoms with Crippen LogP contribution in [0.1, 0.15) is 20.3 Å². The van der Waals surface area contributed by atoms with E-state index in [9.17, 15) is 0 Å². The van der Waals surface area contributed by atoms with Crippen LogP contribution in [0.25, 0.3) is 10.4 Å². The molecule has 4 atom stereocenters. The van der Waals surface area contributed by atoms with Crippen molar-refractivity contribution >= 4 is 0 Å². The Morgan fingerprint density at radius 1 is 1.71 bits per heavy atom. The molecule has 1 saturated heterocycles. The Morgan fingerprint density at radius 2 is 2.36 bits per heavy atom. The molecule has 0 bridgehead atoms. The third kappa shape index (κ3) is 2.16. The topological polar surface area (TPSA) is 93.2 Å². The van der Waals surface area contributed by atoms with Crippen molar-refractivity contribution in [3.63, 3.8) is 0 Å². The van der Waals surface area contributed by atoms with E-state index in [1.54, 1.807) is 7.11 Å². The fraction of sp³-hybridized carbons (Fsp3) is 1.00. The number of ether oxygens (including phenoxy) is 2. The molecule has 2 N–H and O–H groups in total. The highest BCUT2D eigenvalue weighted by molar-refractivity contribution is 4.99. The van der Waals surface area contributed by atoms with Gasteiger partial charge >= 0.3 is 0 Å². The minimum absolute atomic E-state index is 0.223. The van der Waals surface area contributed by atoms with Crippen LogP contribution in [0.4, 0.5) is 0 Å². The molecule has 1 aliphatic heterocycles. The van der Waals surface area contributed by atoms with Gasteiger partial charge in [-0.2, -0.15) is 0 Å². The van der Waals surface area contributed by atoms with Crippen LogP contribution in [0.5, 0.6) is 0 Å². The molecule has 1 fully saturated rings. The lowest BCUT2D eigenvalue weighted by atomic mass is 9.84. The van der Waals surface area contributed by atoms with Crippen LogP contribution in [0.2, 0.25) is 0 Å². The van der Waals surface area contributed by atoms with E-state index >= 15 is 0 Å². The van der Waals surface area contributed by atoms with E-state index in [1.165, 1.54) is 0 Å². The summed E-state index contributed by atoms with van der Waals surface area (Å²) in [7, 11) is 1.57. The fourth-order valence-electron chi connectivity index (χ4n) is 1.80. The predicted octanol–water partition coefficient (Wildman–Crippen LogP) is 1.16. The summed E-state index contributed by atoms with van der Waals surface area (Å²) in [5.41, 5.74) is 13.9. The zero-order valence-corrected chi connectivity index (χ0v) is 8.67. The first-order valence-corrected chi connectivity index (χ1v) is 4.52. The first-order valence-electron chi connectivity index (χ1n) is 4.52. The van der Waals surface area contributed by atoms with Crippen molar-refractivity contribution in [2.45, 2.75) is 44.2 Å². The molecule has 0 aromatic carbocycles. The van der Waals surface area contributed by atoms with Gasteiger partial charge in [0.15, 0.2) is 6.29 Å². The molecule has 80 valence electrons. The maximum Gasteiger partial charge on any atom is 0.159 e. The Labute approximate surface area is 83.0 Å². The van der Waals surface area contributed by atoms with Gasteiger partial charge in [0.05, 0.1) is 12.1 Å². The summed E-state index contributed by atoms with van der Waals surface area (Å²) in [6, 6.07) is -0.348. The summed E-state index contributed by atoms with van der Waals surface area (Å²) in [5, 5.41) is 3.66. The van der Waals surface area contributed by atoms with Crippen LogP contribution in [0.15, 0.2) is 5.11 Å². The van der Waals surface area contributed by atoms with E-state index in [0.717, 1.165) is 0 Å². The molecule has 1 aliphatic rings. The highest BCUT2D eigenvalue weighted by Crippen LogP contribution is 2.29. The maximum absolute atomic E-state index is 8.41. The Kier molecular flexibility index (Phi) is 3.34. The van der Waals surface area contributed by atoms with E-state index in [0.29, 0.717) is 6.42 Å². The van der Waals surface area contributed by atoms with Gasteiger partial charge in [-0.05, 0) is 19.4 Å². The number of hydrogen-bond donors (Lipinski definition) is 1. The van der Waals surface area contributed by atoms with E-state index in [2.05, 4.69) is 10.0 Å². The molecular weight excluding hydrogens is 184 g/mol. The summed E-state index contributed by atoms with van der Waals surface area (Å²) in [5.74, 6) is 0. The van der Waals surface area contributed by atoms with E-state index in [4.69, 9.17) is 20.7 Å². The van der Waals surface area contributed by atoms with Gasteiger partial charge in [-0.25, -0.2) is 0 Å². The van der Waals surface area contributed by atoms with Crippen molar-refractivity contribution in [2.75, 3.05) is 7.11 Å². The third-order valence-electron chi connectivity index (χ3n) is 2.53. The first-order chi connectivity index (χ1) is 6.51. The number of hydrogen-bond acceptors (Lipinski definition) is 4. The van der Waals surface area contributed by atoms with Gasteiger partial charge in [0.2, 0.25) is 0 Å². The summed E-state index contributed by atoms with van der Waals surface area (Å²) >= 11 is 0. The molecule has 0 aromatic heterocycles. The maximum atomic E-state index is 8.41. The lowest BCUT2D eigenvalue weighted by molar-refractivity contribution is -0.196. The van der Waals surface area contributed by atoms with Crippen LogP contribution in [0, 0.1) is 0 Å². The molecule has 6 nitrogen and oxygen atoms in total. The number of rotatable bonds is 2. The van der Waals surface area contributed by atoms with Crippen molar-refractivity contribution in [1.82, 2.24) is 0 Å². The van der Waals surface area contributed by atoms with Gasteiger partial charge in [-0.15, -0.1) is 0 Å². The standard InChI is InChI=1S/C8H16N4O2/c1-5-7(11-12-10)8(2,9)4-6(13-3)14-5/h5-7H,4,9H2,1-3H3/t5-,6+,7+,8+/m1/s1. The van der Waals surface area contributed by atoms with Crippen molar-refractivity contribution in [3.05, 3.63) is 10.4 Å². The zero-order valence-electron chi connectivity index (χ0n) is 8.67. The van der Waals surface area contributed by atoms with Gasteiger partial charge in [-0.1, -0.05) is 5.11 Å². The molecule has 0 aliphatic carbocycles. The molecular formula is C8H16N4O2. The SMILES string of the molecule is CO[C@@H]1C[C@](C)(N)[C@@H](N=[N+]=[N-])[C@@H](C)O1. The predicted molar refractivity (Wildman–Crippen MR) is 51.5 cm³/mol. The minimum Gasteiger partial charge on any atom is -0.356 e. The Morgan fingerprint density at radius 3 is 2.79 bits per heavy atom. The second-order valence-corrected chi connectivity index (χ2v) is 3.87. The van der Waals surface area contributed by atoms with Crippen molar-refractivity contribution in [1.29, 1.82) is 0 Å². The van der Waals surface area contributed by atoms with Gasteiger partial charge < -0.3 is 15.2 Å². The van der Waals surface area contributed by atoms with Crippen molar-refractivity contribution in [2.24, 2.45) is 10.8 Å². The monoisotopic (exact) mass is 200 g/mol. The fourth-order valence-corrected chi connectivity index (χ4v) is 1.80. The Hall–Kier alpha value is -0.810. The Bertz CT molecular complexity index is 250. The molecule has 0 amide bonds.